The first-order valence-electron chi connectivity index (χ1n) is 10.2. The Bertz CT molecular complexity index is 1470. The molecule has 0 saturated carbocycles. The molecular formula is C23H22N2O7S2. The molecule has 0 saturated heterocycles. The van der Waals surface area contributed by atoms with Crippen LogP contribution in [0.4, 0.5) is 0 Å². The first-order valence-corrected chi connectivity index (χ1v) is 13.1. The van der Waals surface area contributed by atoms with Crippen LogP contribution in [-0.2, 0) is 28.6 Å². The maximum Gasteiger partial charge on any atom is 0.299 e. The quantitative estimate of drug-likeness (QED) is 0.361. The number of hydrogen-bond donors (Lipinski definition) is 1. The van der Waals surface area contributed by atoms with Crippen LogP contribution in [0.5, 0.6) is 0 Å². The number of aryl methyl sites for hydroxylation is 2. The van der Waals surface area contributed by atoms with E-state index in [0.29, 0.717) is 10.8 Å². The van der Waals surface area contributed by atoms with E-state index in [1.165, 1.54) is 12.1 Å². The van der Waals surface area contributed by atoms with Crippen molar-refractivity contribution in [3.8, 4) is 0 Å². The Hall–Kier alpha value is -2.96. The monoisotopic (exact) mass is 502 g/mol. The van der Waals surface area contributed by atoms with Gasteiger partial charge in [0.15, 0.2) is 0 Å². The molecule has 0 aliphatic rings. The van der Waals surface area contributed by atoms with Crippen molar-refractivity contribution in [1.29, 1.82) is 0 Å². The van der Waals surface area contributed by atoms with E-state index in [2.05, 4.69) is 9.97 Å². The van der Waals surface area contributed by atoms with E-state index in [1.54, 1.807) is 48.8 Å². The molecule has 0 aliphatic carbocycles. The summed E-state index contributed by atoms with van der Waals surface area (Å²) in [6, 6.07) is 12.9. The van der Waals surface area contributed by atoms with Crippen LogP contribution < -0.4 is 0 Å². The van der Waals surface area contributed by atoms with E-state index < -0.39 is 39.6 Å². The zero-order valence-corrected chi connectivity index (χ0v) is 20.0. The van der Waals surface area contributed by atoms with Crippen LogP contribution in [0.25, 0.3) is 21.8 Å². The summed E-state index contributed by atoms with van der Waals surface area (Å²) < 4.78 is 60.7. The summed E-state index contributed by atoms with van der Waals surface area (Å²) in [5.74, 6) is 0. The largest absolute Gasteiger partial charge is 0.388 e. The number of aliphatic hydroxyl groups is 1. The van der Waals surface area contributed by atoms with Crippen molar-refractivity contribution < 1.29 is 30.3 Å². The first kappa shape index (κ1) is 24.2. The summed E-state index contributed by atoms with van der Waals surface area (Å²) in [5.41, 5.74) is 2.21. The molecule has 178 valence electrons. The van der Waals surface area contributed by atoms with Gasteiger partial charge in [-0.05, 0) is 49.2 Å². The fourth-order valence-corrected chi connectivity index (χ4v) is 5.63. The van der Waals surface area contributed by atoms with Crippen molar-refractivity contribution in [2.75, 3.05) is 13.2 Å². The number of aliphatic hydroxyl groups excluding tert-OH is 1. The van der Waals surface area contributed by atoms with Crippen LogP contribution in [0, 0.1) is 13.8 Å². The zero-order valence-electron chi connectivity index (χ0n) is 18.4. The van der Waals surface area contributed by atoms with Gasteiger partial charge in [-0.25, -0.2) is 0 Å². The van der Waals surface area contributed by atoms with Crippen molar-refractivity contribution in [2.24, 2.45) is 0 Å². The van der Waals surface area contributed by atoms with Gasteiger partial charge in [0.05, 0.1) is 24.2 Å². The molecule has 0 unspecified atom stereocenters. The standard InChI is InChI=1S/C23H22N2O7S2/c1-15-9-17-5-3-7-20(22(17)24-11-15)33(27,28)31-13-19(26)14-32-34(29,30)21-8-4-6-18-10-16(2)12-25-23(18)21/h3-12,19,26H,13-14H2,1-2H3. The molecule has 0 aliphatic heterocycles. The highest BCUT2D eigenvalue weighted by Gasteiger charge is 2.24. The highest BCUT2D eigenvalue weighted by Crippen LogP contribution is 2.25. The number of rotatable bonds is 8. The van der Waals surface area contributed by atoms with Gasteiger partial charge in [0, 0.05) is 23.2 Å². The molecule has 34 heavy (non-hydrogen) atoms. The normalized spacial score (nSPS) is 12.6. The van der Waals surface area contributed by atoms with Gasteiger partial charge in [-0.3, -0.25) is 18.3 Å². The summed E-state index contributed by atoms with van der Waals surface area (Å²) >= 11 is 0. The Morgan fingerprint density at radius 3 is 1.59 bits per heavy atom. The van der Waals surface area contributed by atoms with E-state index >= 15 is 0 Å². The predicted octanol–water partition coefficient (Wildman–Crippen LogP) is 2.87. The zero-order chi connectivity index (χ0) is 24.5. The molecule has 0 atom stereocenters. The molecule has 2 aromatic carbocycles. The number of nitrogens with zero attached hydrogens (tertiary/aromatic N) is 2. The number of hydrogen-bond acceptors (Lipinski definition) is 9. The predicted molar refractivity (Wildman–Crippen MR) is 125 cm³/mol. The number of aromatic nitrogens is 2. The molecule has 11 heteroatoms. The molecule has 0 radical (unpaired) electrons. The highest BCUT2D eigenvalue weighted by molar-refractivity contribution is 7.87. The molecule has 9 nitrogen and oxygen atoms in total. The van der Waals surface area contributed by atoms with Gasteiger partial charge >= 0.3 is 0 Å². The van der Waals surface area contributed by atoms with E-state index in [4.69, 9.17) is 8.37 Å². The van der Waals surface area contributed by atoms with Gasteiger partial charge in [-0.1, -0.05) is 24.3 Å². The Labute approximate surface area is 197 Å². The average Bonchev–Trinajstić information content (AvgIpc) is 2.80. The molecule has 1 N–H and O–H groups in total. The lowest BCUT2D eigenvalue weighted by Crippen LogP contribution is -2.25. The minimum atomic E-state index is -4.27. The van der Waals surface area contributed by atoms with Crippen molar-refractivity contribution in [3.63, 3.8) is 0 Å². The highest BCUT2D eigenvalue weighted by atomic mass is 32.2. The van der Waals surface area contributed by atoms with Gasteiger partial charge < -0.3 is 5.11 Å². The van der Waals surface area contributed by atoms with Crippen LogP contribution in [0.2, 0.25) is 0 Å². The van der Waals surface area contributed by atoms with Crippen LogP contribution in [0.1, 0.15) is 11.1 Å². The average molecular weight is 503 g/mol. The lowest BCUT2D eigenvalue weighted by atomic mass is 10.2. The second-order valence-corrected chi connectivity index (χ2v) is 11.0. The Morgan fingerprint density at radius 2 is 1.18 bits per heavy atom. The summed E-state index contributed by atoms with van der Waals surface area (Å²) in [4.78, 5) is 8.05. The lowest BCUT2D eigenvalue weighted by Gasteiger charge is -2.13. The smallest absolute Gasteiger partial charge is 0.299 e. The third-order valence-corrected chi connectivity index (χ3v) is 7.62. The molecular weight excluding hydrogens is 480 g/mol. The maximum absolute atomic E-state index is 12.7. The maximum atomic E-state index is 12.7. The van der Waals surface area contributed by atoms with Crippen molar-refractivity contribution in [2.45, 2.75) is 29.7 Å². The van der Waals surface area contributed by atoms with E-state index in [9.17, 15) is 21.9 Å². The van der Waals surface area contributed by atoms with Crippen LogP contribution in [-0.4, -0.2) is 51.2 Å². The minimum Gasteiger partial charge on any atom is -0.388 e. The van der Waals surface area contributed by atoms with Gasteiger partial charge in [-0.2, -0.15) is 16.8 Å². The minimum absolute atomic E-state index is 0.150. The van der Waals surface area contributed by atoms with E-state index in [1.807, 2.05) is 13.8 Å². The Morgan fingerprint density at radius 1 is 0.765 bits per heavy atom. The summed E-state index contributed by atoms with van der Waals surface area (Å²) in [5, 5.41) is 11.4. The number of pyridine rings is 2. The summed E-state index contributed by atoms with van der Waals surface area (Å²) in [7, 11) is -8.54. The van der Waals surface area contributed by atoms with Crippen molar-refractivity contribution >= 4 is 42.0 Å². The first-order chi connectivity index (χ1) is 16.1. The third-order valence-electron chi connectivity index (χ3n) is 4.99. The molecule has 0 spiro atoms. The molecule has 2 heterocycles. The van der Waals surface area contributed by atoms with Gasteiger partial charge in [0.2, 0.25) is 0 Å². The molecule has 2 aromatic heterocycles. The van der Waals surface area contributed by atoms with Gasteiger partial charge in [-0.15, -0.1) is 0 Å². The molecule has 0 fully saturated rings. The Kier molecular flexibility index (Phi) is 6.65. The molecule has 0 amide bonds. The van der Waals surface area contributed by atoms with Crippen LogP contribution in [0.3, 0.4) is 0 Å². The number of para-hydroxylation sites is 2. The van der Waals surface area contributed by atoms with Gasteiger partial charge in [0.1, 0.15) is 15.9 Å². The lowest BCUT2D eigenvalue weighted by molar-refractivity contribution is 0.0672. The SMILES string of the molecule is Cc1cnc2c(S(=O)(=O)OCC(O)COS(=O)(=O)c3cccc4cc(C)cnc34)cccc2c1. The van der Waals surface area contributed by atoms with Crippen molar-refractivity contribution in [3.05, 3.63) is 72.1 Å². The second-order valence-electron chi connectivity index (χ2n) is 7.81. The molecule has 4 aromatic rings. The molecule has 0 bridgehead atoms. The fourth-order valence-electron chi connectivity index (χ4n) is 3.40. The Balaban J connectivity index is 1.45. The van der Waals surface area contributed by atoms with Gasteiger partial charge in [0.25, 0.3) is 20.2 Å². The fraction of sp³-hybridized carbons (Fsp3) is 0.217. The van der Waals surface area contributed by atoms with Crippen LogP contribution in [0.15, 0.2) is 70.7 Å². The van der Waals surface area contributed by atoms with E-state index in [-0.39, 0.29) is 20.8 Å². The van der Waals surface area contributed by atoms with E-state index in [0.717, 1.165) is 11.1 Å². The molecule has 4 rings (SSSR count). The van der Waals surface area contributed by atoms with Crippen molar-refractivity contribution in [1.82, 2.24) is 9.97 Å². The number of fused-ring (bicyclic) bond motifs is 2. The summed E-state index contributed by atoms with van der Waals surface area (Å²) in [6.07, 6.45) is 1.55. The summed E-state index contributed by atoms with van der Waals surface area (Å²) in [6.45, 7) is 2.27. The number of benzene rings is 2. The third kappa shape index (κ3) is 5.08. The topological polar surface area (TPSA) is 133 Å². The van der Waals surface area contributed by atoms with Crippen LogP contribution >= 0.6 is 0 Å². The second kappa shape index (κ2) is 9.35.